The normalized spacial score (nSPS) is 11.8. The number of aryl methyl sites for hydroxylation is 1. The molecule has 0 saturated heterocycles. The fraction of sp³-hybridized carbons (Fsp3) is 0.353. The van der Waals surface area contributed by atoms with Crippen molar-refractivity contribution >= 4 is 17.2 Å². The minimum absolute atomic E-state index is 0.0692. The van der Waals surface area contributed by atoms with E-state index < -0.39 is 0 Å². The van der Waals surface area contributed by atoms with Crippen LogP contribution in [-0.4, -0.2) is 33.3 Å². The lowest BCUT2D eigenvalue weighted by Crippen LogP contribution is -2.32. The molecule has 1 aromatic carbocycles. The molecule has 0 radical (unpaired) electrons. The summed E-state index contributed by atoms with van der Waals surface area (Å²) in [6, 6.07) is 11.3. The highest BCUT2D eigenvalue weighted by atomic mass is 32.1. The van der Waals surface area contributed by atoms with Gasteiger partial charge < -0.3 is 19.5 Å². The summed E-state index contributed by atoms with van der Waals surface area (Å²) in [5, 5.41) is 2.83. The molecule has 0 spiro atoms. The largest absolute Gasteiger partial charge is 0.493 e. The molecule has 1 N–H and O–H groups in total. The molecular weight excluding hydrogens is 314 g/mol. The molecule has 0 fully saturated rings. The van der Waals surface area contributed by atoms with Crippen molar-refractivity contribution in [1.29, 1.82) is 0 Å². The van der Waals surface area contributed by atoms with Crippen LogP contribution in [0.15, 0.2) is 36.4 Å². The minimum atomic E-state index is -0.203. The highest BCUT2D eigenvalue weighted by molar-refractivity contribution is 7.12. The third kappa shape index (κ3) is 4.97. The van der Waals surface area contributed by atoms with Crippen LogP contribution in [0, 0.1) is 6.92 Å². The van der Waals surface area contributed by atoms with Crippen molar-refractivity contribution in [2.24, 2.45) is 0 Å². The van der Waals surface area contributed by atoms with E-state index in [4.69, 9.17) is 14.2 Å². The lowest BCUT2D eigenvalue weighted by Gasteiger charge is -2.15. The van der Waals surface area contributed by atoms with E-state index in [1.807, 2.05) is 31.2 Å². The standard InChI is InChI=1S/C17H21NO4S/c1-12-8-9-16(23-12)15(21-3)10-18-17(19)11-22-14-7-5-4-6-13(14)20-2/h4-9,15H,10-11H2,1-3H3,(H,18,19). The van der Waals surface area contributed by atoms with Crippen molar-refractivity contribution in [3.63, 3.8) is 0 Å². The number of para-hydroxylation sites is 2. The van der Waals surface area contributed by atoms with Crippen molar-refractivity contribution in [3.05, 3.63) is 46.2 Å². The monoisotopic (exact) mass is 335 g/mol. The molecule has 2 rings (SSSR count). The van der Waals surface area contributed by atoms with Crippen LogP contribution in [0.5, 0.6) is 11.5 Å². The molecule has 1 heterocycles. The van der Waals surface area contributed by atoms with Crippen molar-refractivity contribution < 1.29 is 19.0 Å². The van der Waals surface area contributed by atoms with Crippen LogP contribution in [0.25, 0.3) is 0 Å². The van der Waals surface area contributed by atoms with Gasteiger partial charge in [-0.2, -0.15) is 0 Å². The van der Waals surface area contributed by atoms with E-state index in [9.17, 15) is 4.79 Å². The molecule has 124 valence electrons. The molecule has 1 unspecified atom stereocenters. The summed E-state index contributed by atoms with van der Waals surface area (Å²) in [5.41, 5.74) is 0. The Kier molecular flexibility index (Phi) is 6.43. The lowest BCUT2D eigenvalue weighted by atomic mass is 10.3. The topological polar surface area (TPSA) is 56.8 Å². The van der Waals surface area contributed by atoms with E-state index in [1.54, 1.807) is 37.7 Å². The van der Waals surface area contributed by atoms with E-state index in [-0.39, 0.29) is 18.6 Å². The molecule has 2 aromatic rings. The third-order valence-electron chi connectivity index (χ3n) is 3.28. The van der Waals surface area contributed by atoms with Crippen LogP contribution in [-0.2, 0) is 9.53 Å². The smallest absolute Gasteiger partial charge is 0.258 e. The van der Waals surface area contributed by atoms with Gasteiger partial charge in [-0.15, -0.1) is 11.3 Å². The van der Waals surface area contributed by atoms with E-state index in [0.29, 0.717) is 18.0 Å². The first-order valence-electron chi connectivity index (χ1n) is 7.25. The number of hydrogen-bond acceptors (Lipinski definition) is 5. The van der Waals surface area contributed by atoms with E-state index in [2.05, 4.69) is 5.32 Å². The van der Waals surface area contributed by atoms with Gasteiger partial charge in [0, 0.05) is 23.4 Å². The summed E-state index contributed by atoms with van der Waals surface area (Å²) >= 11 is 1.66. The predicted molar refractivity (Wildman–Crippen MR) is 90.3 cm³/mol. The van der Waals surface area contributed by atoms with Gasteiger partial charge in [-0.05, 0) is 31.2 Å². The van der Waals surface area contributed by atoms with Crippen molar-refractivity contribution in [3.8, 4) is 11.5 Å². The highest BCUT2D eigenvalue weighted by Crippen LogP contribution is 2.26. The molecule has 1 amide bonds. The number of nitrogens with one attached hydrogen (secondary N) is 1. The Labute approximate surface area is 140 Å². The summed E-state index contributed by atoms with van der Waals surface area (Å²) in [6.45, 7) is 2.38. The number of carbonyl (C=O) groups is 1. The maximum Gasteiger partial charge on any atom is 0.258 e. The SMILES string of the molecule is COc1ccccc1OCC(=O)NCC(OC)c1ccc(C)s1. The zero-order chi connectivity index (χ0) is 16.7. The molecule has 0 aliphatic rings. The van der Waals surface area contributed by atoms with Crippen molar-refractivity contribution in [2.45, 2.75) is 13.0 Å². The molecule has 5 nitrogen and oxygen atoms in total. The first-order valence-corrected chi connectivity index (χ1v) is 8.07. The molecule has 0 aliphatic heterocycles. The number of amides is 1. The first kappa shape index (κ1) is 17.3. The number of methoxy groups -OCH3 is 2. The van der Waals surface area contributed by atoms with Crippen LogP contribution in [0.3, 0.4) is 0 Å². The summed E-state index contributed by atoms with van der Waals surface area (Å²) < 4.78 is 16.1. The summed E-state index contributed by atoms with van der Waals surface area (Å²) in [5.74, 6) is 0.942. The zero-order valence-electron chi connectivity index (χ0n) is 13.5. The van der Waals surface area contributed by atoms with Crippen LogP contribution >= 0.6 is 11.3 Å². The Morgan fingerprint density at radius 2 is 1.91 bits per heavy atom. The molecule has 0 saturated carbocycles. The van der Waals surface area contributed by atoms with Gasteiger partial charge in [0.2, 0.25) is 0 Å². The maximum atomic E-state index is 11.9. The lowest BCUT2D eigenvalue weighted by molar-refractivity contribution is -0.123. The number of hydrogen-bond donors (Lipinski definition) is 1. The summed E-state index contributed by atoms with van der Waals surface area (Å²) in [6.07, 6.45) is -0.149. The second-order valence-electron chi connectivity index (χ2n) is 4.92. The quantitative estimate of drug-likeness (QED) is 0.806. The van der Waals surface area contributed by atoms with Gasteiger partial charge in [-0.25, -0.2) is 0 Å². The van der Waals surface area contributed by atoms with Gasteiger partial charge in [-0.1, -0.05) is 12.1 Å². The Balaban J connectivity index is 1.82. The first-order chi connectivity index (χ1) is 11.1. The number of ether oxygens (including phenoxy) is 3. The molecular formula is C17H21NO4S. The summed E-state index contributed by atoms with van der Waals surface area (Å²) in [7, 11) is 3.20. The van der Waals surface area contributed by atoms with Crippen LogP contribution in [0.4, 0.5) is 0 Å². The molecule has 0 bridgehead atoms. The van der Waals surface area contributed by atoms with Gasteiger partial charge in [0.15, 0.2) is 18.1 Å². The molecule has 1 aromatic heterocycles. The molecule has 1 atom stereocenters. The number of benzene rings is 1. The summed E-state index contributed by atoms with van der Waals surface area (Å²) in [4.78, 5) is 14.3. The van der Waals surface area contributed by atoms with Crippen LogP contribution < -0.4 is 14.8 Å². The Bertz CT molecular complexity index is 641. The number of thiophene rings is 1. The van der Waals surface area contributed by atoms with E-state index >= 15 is 0 Å². The fourth-order valence-electron chi connectivity index (χ4n) is 2.07. The van der Waals surface area contributed by atoms with Gasteiger partial charge in [0.05, 0.1) is 7.11 Å². The second kappa shape index (κ2) is 8.55. The van der Waals surface area contributed by atoms with Crippen molar-refractivity contribution in [1.82, 2.24) is 5.32 Å². The Hall–Kier alpha value is -2.05. The Morgan fingerprint density at radius 3 is 2.52 bits per heavy atom. The van der Waals surface area contributed by atoms with Gasteiger partial charge in [-0.3, -0.25) is 4.79 Å². The number of rotatable bonds is 8. The van der Waals surface area contributed by atoms with Gasteiger partial charge >= 0.3 is 0 Å². The maximum absolute atomic E-state index is 11.9. The fourth-order valence-corrected chi connectivity index (χ4v) is 3.02. The zero-order valence-corrected chi connectivity index (χ0v) is 14.3. The van der Waals surface area contributed by atoms with Crippen molar-refractivity contribution in [2.75, 3.05) is 27.4 Å². The van der Waals surface area contributed by atoms with Gasteiger partial charge in [0.25, 0.3) is 5.91 Å². The van der Waals surface area contributed by atoms with Crippen LogP contribution in [0.1, 0.15) is 15.9 Å². The van der Waals surface area contributed by atoms with Crippen LogP contribution in [0.2, 0.25) is 0 Å². The minimum Gasteiger partial charge on any atom is -0.493 e. The molecule has 0 aliphatic carbocycles. The number of carbonyl (C=O) groups excluding carboxylic acids is 1. The average molecular weight is 335 g/mol. The van der Waals surface area contributed by atoms with E-state index in [0.717, 1.165) is 4.88 Å². The predicted octanol–water partition coefficient (Wildman–Crippen LogP) is 2.95. The molecule has 6 heteroatoms. The van der Waals surface area contributed by atoms with Gasteiger partial charge in [0.1, 0.15) is 6.10 Å². The Morgan fingerprint density at radius 1 is 1.17 bits per heavy atom. The third-order valence-corrected chi connectivity index (χ3v) is 4.37. The molecule has 23 heavy (non-hydrogen) atoms. The van der Waals surface area contributed by atoms with E-state index in [1.165, 1.54) is 4.88 Å². The average Bonchev–Trinajstić information content (AvgIpc) is 3.00. The second-order valence-corrected chi connectivity index (χ2v) is 6.24. The highest BCUT2D eigenvalue weighted by Gasteiger charge is 2.14.